The summed E-state index contributed by atoms with van der Waals surface area (Å²) in [5.41, 5.74) is 4.08. The van der Waals surface area contributed by atoms with Crippen molar-refractivity contribution in [1.29, 1.82) is 0 Å². The molecule has 1 aliphatic rings. The zero-order chi connectivity index (χ0) is 23.1. The highest BCUT2D eigenvalue weighted by molar-refractivity contribution is 5.80. The average molecular weight is 442 g/mol. The molecule has 0 spiro atoms. The second kappa shape index (κ2) is 10.9. The number of rotatable bonds is 8. The Kier molecular flexibility index (Phi) is 8.03. The van der Waals surface area contributed by atoms with E-state index in [-0.39, 0.29) is 6.04 Å². The zero-order valence-corrected chi connectivity index (χ0v) is 20.0. The number of hydrogen-bond donors (Lipinski definition) is 2. The number of aromatic nitrogens is 1. The first-order valence-corrected chi connectivity index (χ1v) is 11.0. The zero-order valence-electron chi connectivity index (χ0n) is 20.0. The fraction of sp³-hybridized carbons (Fsp3) is 0.500. The second-order valence-corrected chi connectivity index (χ2v) is 7.89. The Morgan fingerprint density at radius 2 is 1.84 bits per heavy atom. The van der Waals surface area contributed by atoms with Crippen LogP contribution in [-0.2, 0) is 6.54 Å². The minimum atomic E-state index is 0.284. The van der Waals surface area contributed by atoms with E-state index in [2.05, 4.69) is 27.4 Å². The van der Waals surface area contributed by atoms with Crippen molar-refractivity contribution in [3.63, 3.8) is 0 Å². The lowest BCUT2D eigenvalue weighted by atomic mass is 10.1. The molecule has 1 aliphatic heterocycles. The number of aryl methyl sites for hydroxylation is 1. The molecule has 1 fully saturated rings. The highest BCUT2D eigenvalue weighted by Gasteiger charge is 2.24. The molecule has 0 aliphatic carbocycles. The molecule has 1 atom stereocenters. The molecule has 32 heavy (non-hydrogen) atoms. The molecule has 1 saturated heterocycles. The molecule has 8 heteroatoms. The quantitative estimate of drug-likeness (QED) is 0.481. The molecule has 3 rings (SSSR count). The van der Waals surface area contributed by atoms with Gasteiger partial charge in [0.25, 0.3) is 0 Å². The Morgan fingerprint density at radius 1 is 1.12 bits per heavy atom. The van der Waals surface area contributed by atoms with Crippen molar-refractivity contribution < 1.29 is 14.2 Å². The summed E-state index contributed by atoms with van der Waals surface area (Å²) >= 11 is 0. The SMILES string of the molecule is CCNC(=NCc1ncc(C)c(OC)c1C)NC1CCN(c2cc(OC)cc(OC)c2)C1. The Labute approximate surface area is 191 Å². The lowest BCUT2D eigenvalue weighted by Crippen LogP contribution is -2.44. The van der Waals surface area contributed by atoms with E-state index in [0.29, 0.717) is 6.54 Å². The third-order valence-corrected chi connectivity index (χ3v) is 5.71. The molecule has 0 amide bonds. The summed E-state index contributed by atoms with van der Waals surface area (Å²) in [5.74, 6) is 3.26. The van der Waals surface area contributed by atoms with E-state index >= 15 is 0 Å². The summed E-state index contributed by atoms with van der Waals surface area (Å²) in [6.07, 6.45) is 2.86. The predicted octanol–water partition coefficient (Wildman–Crippen LogP) is 3.06. The smallest absolute Gasteiger partial charge is 0.191 e. The molecule has 2 N–H and O–H groups in total. The molecule has 1 aromatic carbocycles. The van der Waals surface area contributed by atoms with Gasteiger partial charge in [0.1, 0.15) is 17.2 Å². The highest BCUT2D eigenvalue weighted by Crippen LogP contribution is 2.30. The molecule has 0 saturated carbocycles. The molecular formula is C24H35N5O3. The van der Waals surface area contributed by atoms with Crippen LogP contribution in [0.3, 0.4) is 0 Å². The van der Waals surface area contributed by atoms with Crippen LogP contribution in [-0.4, -0.2) is 57.9 Å². The van der Waals surface area contributed by atoms with Crippen LogP contribution in [0.4, 0.5) is 5.69 Å². The van der Waals surface area contributed by atoms with E-state index in [0.717, 1.165) is 71.8 Å². The van der Waals surface area contributed by atoms with Crippen molar-refractivity contribution in [2.75, 3.05) is 45.9 Å². The van der Waals surface area contributed by atoms with E-state index in [1.54, 1.807) is 21.3 Å². The van der Waals surface area contributed by atoms with Gasteiger partial charge >= 0.3 is 0 Å². The van der Waals surface area contributed by atoms with E-state index in [1.165, 1.54) is 0 Å². The molecule has 0 radical (unpaired) electrons. The van der Waals surface area contributed by atoms with Crippen LogP contribution in [0.15, 0.2) is 29.4 Å². The lowest BCUT2D eigenvalue weighted by molar-refractivity contribution is 0.394. The molecule has 0 bridgehead atoms. The fourth-order valence-electron chi connectivity index (χ4n) is 3.99. The van der Waals surface area contributed by atoms with Crippen LogP contribution in [0, 0.1) is 13.8 Å². The molecule has 8 nitrogen and oxygen atoms in total. The van der Waals surface area contributed by atoms with E-state index in [9.17, 15) is 0 Å². The van der Waals surface area contributed by atoms with Gasteiger partial charge in [-0.2, -0.15) is 0 Å². The van der Waals surface area contributed by atoms with Crippen LogP contribution in [0.2, 0.25) is 0 Å². The van der Waals surface area contributed by atoms with Gasteiger partial charge in [0.15, 0.2) is 5.96 Å². The van der Waals surface area contributed by atoms with Crippen molar-refractivity contribution >= 4 is 11.6 Å². The summed E-state index contributed by atoms with van der Waals surface area (Å²) in [4.78, 5) is 11.7. The van der Waals surface area contributed by atoms with Crippen molar-refractivity contribution in [3.8, 4) is 17.2 Å². The largest absolute Gasteiger partial charge is 0.497 e. The van der Waals surface area contributed by atoms with Gasteiger partial charge < -0.3 is 29.7 Å². The van der Waals surface area contributed by atoms with E-state index in [1.807, 2.05) is 38.2 Å². The third-order valence-electron chi connectivity index (χ3n) is 5.71. The topological polar surface area (TPSA) is 80.2 Å². The van der Waals surface area contributed by atoms with Crippen LogP contribution in [0.5, 0.6) is 17.2 Å². The van der Waals surface area contributed by atoms with E-state index in [4.69, 9.17) is 19.2 Å². The number of nitrogens with one attached hydrogen (secondary N) is 2. The Hall–Kier alpha value is -3.16. The first-order chi connectivity index (χ1) is 15.5. The number of methoxy groups -OCH3 is 3. The van der Waals surface area contributed by atoms with Gasteiger partial charge in [-0.25, -0.2) is 4.99 Å². The van der Waals surface area contributed by atoms with Gasteiger partial charge in [0.2, 0.25) is 0 Å². The maximum Gasteiger partial charge on any atom is 0.191 e. The minimum Gasteiger partial charge on any atom is -0.497 e. The highest BCUT2D eigenvalue weighted by atomic mass is 16.5. The summed E-state index contributed by atoms with van der Waals surface area (Å²) in [6.45, 7) is 9.20. The van der Waals surface area contributed by atoms with Crippen LogP contribution in [0.25, 0.3) is 0 Å². The fourth-order valence-corrected chi connectivity index (χ4v) is 3.99. The molecule has 2 heterocycles. The molecule has 1 aromatic heterocycles. The normalized spacial score (nSPS) is 16.1. The number of aliphatic imine (C=N–C) groups is 1. The van der Waals surface area contributed by atoms with Crippen molar-refractivity contribution in [2.24, 2.45) is 4.99 Å². The van der Waals surface area contributed by atoms with Gasteiger partial charge in [-0.3, -0.25) is 4.98 Å². The number of nitrogens with zero attached hydrogens (tertiary/aromatic N) is 3. The summed E-state index contributed by atoms with van der Waals surface area (Å²) in [6, 6.07) is 6.26. The Balaban J connectivity index is 1.68. The maximum absolute atomic E-state index is 5.52. The number of benzene rings is 1. The van der Waals surface area contributed by atoms with E-state index < -0.39 is 0 Å². The van der Waals surface area contributed by atoms with Crippen LogP contribution < -0.4 is 29.7 Å². The van der Waals surface area contributed by atoms with Crippen molar-refractivity contribution in [1.82, 2.24) is 15.6 Å². The Morgan fingerprint density at radius 3 is 2.47 bits per heavy atom. The lowest BCUT2D eigenvalue weighted by Gasteiger charge is -2.21. The maximum atomic E-state index is 5.52. The van der Waals surface area contributed by atoms with Gasteiger partial charge in [-0.05, 0) is 27.2 Å². The third kappa shape index (κ3) is 5.55. The number of ether oxygens (including phenoxy) is 3. The van der Waals surface area contributed by atoms with Crippen molar-refractivity contribution in [3.05, 3.63) is 41.2 Å². The molecular weight excluding hydrogens is 406 g/mol. The first-order valence-electron chi connectivity index (χ1n) is 11.0. The minimum absolute atomic E-state index is 0.284. The molecule has 1 unspecified atom stereocenters. The van der Waals surface area contributed by atoms with Gasteiger partial charge in [0.05, 0.1) is 33.6 Å². The van der Waals surface area contributed by atoms with Gasteiger partial charge in [0, 0.05) is 66.9 Å². The standard InChI is InChI=1S/C24H35N5O3/c1-7-25-24(27-14-22-17(3)23(32-6)16(2)13-26-22)28-18-8-9-29(15-18)19-10-20(30-4)12-21(11-19)31-5/h10-13,18H,7-9,14-15H2,1-6H3,(H2,25,27,28). The summed E-state index contributed by atoms with van der Waals surface area (Å²) in [7, 11) is 5.04. The van der Waals surface area contributed by atoms with Crippen molar-refractivity contribution in [2.45, 2.75) is 39.8 Å². The first kappa shape index (κ1) is 23.5. The molecule has 2 aromatic rings. The van der Waals surface area contributed by atoms with Crippen LogP contribution >= 0.6 is 0 Å². The average Bonchev–Trinajstić information content (AvgIpc) is 3.27. The number of hydrogen-bond acceptors (Lipinski definition) is 6. The molecule has 174 valence electrons. The summed E-state index contributed by atoms with van der Waals surface area (Å²) in [5, 5.41) is 6.93. The van der Waals surface area contributed by atoms with Gasteiger partial charge in [-0.15, -0.1) is 0 Å². The summed E-state index contributed by atoms with van der Waals surface area (Å²) < 4.78 is 16.4. The number of anilines is 1. The number of pyridine rings is 1. The Bertz CT molecular complexity index is 925. The monoisotopic (exact) mass is 441 g/mol. The van der Waals surface area contributed by atoms with Gasteiger partial charge in [-0.1, -0.05) is 0 Å². The number of guanidine groups is 1. The second-order valence-electron chi connectivity index (χ2n) is 7.89. The predicted molar refractivity (Wildman–Crippen MR) is 128 cm³/mol. The van der Waals surface area contributed by atoms with Crippen LogP contribution in [0.1, 0.15) is 30.2 Å².